The lowest BCUT2D eigenvalue weighted by atomic mass is 9.71. The van der Waals surface area contributed by atoms with Crippen LogP contribution in [-0.4, -0.2) is 11.0 Å². The first kappa shape index (κ1) is 21.3. The van der Waals surface area contributed by atoms with Gasteiger partial charge in [-0.15, -0.1) is 0 Å². The third-order valence-corrected chi connectivity index (χ3v) is 6.59. The summed E-state index contributed by atoms with van der Waals surface area (Å²) in [5.74, 6) is 2.10. The van der Waals surface area contributed by atoms with Crippen LogP contribution in [0.15, 0.2) is 54.7 Å². The number of fused-ring (bicyclic) bond motifs is 1. The molecule has 3 aromatic rings. The van der Waals surface area contributed by atoms with E-state index in [0.29, 0.717) is 22.9 Å². The largest absolute Gasteiger partial charge is 0.438 e. The molecule has 4 nitrogen and oxygen atoms in total. The number of benzene rings is 2. The molecule has 0 radical (unpaired) electrons. The fourth-order valence-corrected chi connectivity index (χ4v) is 4.63. The van der Waals surface area contributed by atoms with E-state index in [1.54, 1.807) is 12.1 Å². The smallest absolute Gasteiger partial charge is 0.219 e. The molecule has 1 fully saturated rings. The minimum Gasteiger partial charge on any atom is -0.438 e. The van der Waals surface area contributed by atoms with Crippen LogP contribution in [0.5, 0.6) is 11.6 Å². The number of nitrogens with zero attached hydrogens (tertiary/aromatic N) is 2. The van der Waals surface area contributed by atoms with Crippen molar-refractivity contribution in [2.45, 2.75) is 59.0 Å². The lowest BCUT2D eigenvalue weighted by Gasteiger charge is -2.37. The second-order valence-corrected chi connectivity index (χ2v) is 9.66. The second-order valence-electron chi connectivity index (χ2n) is 9.66. The number of ether oxygens (including phenoxy) is 1. The van der Waals surface area contributed by atoms with Crippen LogP contribution in [0.3, 0.4) is 0 Å². The maximum absolute atomic E-state index is 8.95. The van der Waals surface area contributed by atoms with Crippen molar-refractivity contribution in [3.63, 3.8) is 0 Å². The molecular weight excluding hydrogens is 382 g/mol. The van der Waals surface area contributed by atoms with Crippen molar-refractivity contribution in [2.75, 3.05) is 0 Å². The average Bonchev–Trinajstić information content (AvgIpc) is 2.78. The molecule has 31 heavy (non-hydrogen) atoms. The van der Waals surface area contributed by atoms with E-state index < -0.39 is 0 Å². The molecule has 0 bridgehead atoms. The number of hydrogen-bond donors (Lipinski definition) is 1. The van der Waals surface area contributed by atoms with Gasteiger partial charge in [0.1, 0.15) is 11.8 Å². The number of hydrogen-bond acceptors (Lipinski definition) is 4. The van der Waals surface area contributed by atoms with Crippen LogP contribution >= 0.6 is 0 Å². The maximum Gasteiger partial charge on any atom is 0.219 e. The zero-order valence-corrected chi connectivity index (χ0v) is 18.7. The Morgan fingerprint density at radius 3 is 2.42 bits per heavy atom. The third kappa shape index (κ3) is 5.06. The Kier molecular flexibility index (Phi) is 6.25. The molecule has 1 aliphatic rings. The number of nitrogens with one attached hydrogen (secondary N) is 1. The van der Waals surface area contributed by atoms with Crippen molar-refractivity contribution in [3.8, 4) is 17.7 Å². The molecule has 1 aromatic heterocycles. The van der Waals surface area contributed by atoms with Crippen molar-refractivity contribution < 1.29 is 4.74 Å². The fourth-order valence-electron chi connectivity index (χ4n) is 4.63. The Balaban J connectivity index is 1.46. The summed E-state index contributed by atoms with van der Waals surface area (Å²) < 4.78 is 6.04. The summed E-state index contributed by atoms with van der Waals surface area (Å²) >= 11 is 0. The molecule has 2 aromatic carbocycles. The summed E-state index contributed by atoms with van der Waals surface area (Å²) in [6.07, 6.45) is 6.67. The highest BCUT2D eigenvalue weighted by Gasteiger charge is 2.29. The van der Waals surface area contributed by atoms with Crippen molar-refractivity contribution in [1.82, 2.24) is 10.3 Å². The first-order valence-electron chi connectivity index (χ1n) is 11.2. The molecule has 1 heterocycles. The van der Waals surface area contributed by atoms with Crippen LogP contribution in [0.2, 0.25) is 0 Å². The molecule has 0 saturated heterocycles. The Morgan fingerprint density at radius 1 is 1.00 bits per heavy atom. The maximum atomic E-state index is 8.95. The van der Waals surface area contributed by atoms with E-state index in [4.69, 9.17) is 10.00 Å². The van der Waals surface area contributed by atoms with Gasteiger partial charge in [0, 0.05) is 30.2 Å². The van der Waals surface area contributed by atoms with E-state index in [2.05, 4.69) is 61.4 Å². The summed E-state index contributed by atoms with van der Waals surface area (Å²) in [6, 6.07) is 18.7. The third-order valence-electron chi connectivity index (χ3n) is 6.59. The summed E-state index contributed by atoms with van der Waals surface area (Å²) in [6.45, 7) is 7.97. The Labute approximate surface area is 185 Å². The summed E-state index contributed by atoms with van der Waals surface area (Å²) in [7, 11) is 0. The van der Waals surface area contributed by atoms with Crippen molar-refractivity contribution in [2.24, 2.45) is 11.3 Å². The molecule has 0 aliphatic heterocycles. The number of nitriles is 1. The van der Waals surface area contributed by atoms with Gasteiger partial charge in [0.2, 0.25) is 5.88 Å². The van der Waals surface area contributed by atoms with Gasteiger partial charge >= 0.3 is 0 Å². The van der Waals surface area contributed by atoms with Gasteiger partial charge in [-0.25, -0.2) is 4.98 Å². The van der Waals surface area contributed by atoms with Crippen LogP contribution in [0.4, 0.5) is 0 Å². The van der Waals surface area contributed by atoms with Crippen LogP contribution < -0.4 is 10.1 Å². The van der Waals surface area contributed by atoms with Crippen molar-refractivity contribution in [1.29, 1.82) is 5.26 Å². The molecule has 4 rings (SSSR count). The highest BCUT2D eigenvalue weighted by molar-refractivity contribution is 5.91. The minimum absolute atomic E-state index is 0.417. The summed E-state index contributed by atoms with van der Waals surface area (Å²) in [5.41, 5.74) is 2.23. The van der Waals surface area contributed by atoms with E-state index in [1.165, 1.54) is 42.8 Å². The van der Waals surface area contributed by atoms with Gasteiger partial charge in [-0.05, 0) is 60.1 Å². The van der Waals surface area contributed by atoms with Gasteiger partial charge in [0.15, 0.2) is 0 Å². The molecular formula is C27H31N3O. The SMILES string of the molecule is CC(C)(C)C1CCC(NCc2cccc3c(Oc4ccc(C#N)cn4)cccc23)CC1. The Bertz CT molecular complexity index is 1070. The van der Waals surface area contributed by atoms with Crippen LogP contribution in [0.25, 0.3) is 10.8 Å². The number of pyridine rings is 1. The van der Waals surface area contributed by atoms with Gasteiger partial charge in [0.25, 0.3) is 0 Å². The van der Waals surface area contributed by atoms with Crippen molar-refractivity contribution in [3.05, 3.63) is 65.9 Å². The number of aromatic nitrogens is 1. The van der Waals surface area contributed by atoms with Gasteiger partial charge in [-0.1, -0.05) is 51.1 Å². The predicted octanol–water partition coefficient (Wildman–Crippen LogP) is 6.59. The molecule has 160 valence electrons. The number of rotatable bonds is 5. The highest BCUT2D eigenvalue weighted by Crippen LogP contribution is 2.38. The van der Waals surface area contributed by atoms with E-state index >= 15 is 0 Å². The highest BCUT2D eigenvalue weighted by atomic mass is 16.5. The zero-order valence-electron chi connectivity index (χ0n) is 18.7. The lowest BCUT2D eigenvalue weighted by molar-refractivity contribution is 0.160. The molecule has 0 unspecified atom stereocenters. The molecule has 0 atom stereocenters. The van der Waals surface area contributed by atoms with Gasteiger partial charge < -0.3 is 10.1 Å². The van der Waals surface area contributed by atoms with Gasteiger partial charge in [-0.2, -0.15) is 5.26 Å². The topological polar surface area (TPSA) is 57.9 Å². The van der Waals surface area contributed by atoms with E-state index in [-0.39, 0.29) is 0 Å². The molecule has 0 spiro atoms. The quantitative estimate of drug-likeness (QED) is 0.512. The molecule has 1 N–H and O–H groups in total. The first-order valence-corrected chi connectivity index (χ1v) is 11.2. The molecule has 4 heteroatoms. The van der Waals surface area contributed by atoms with Crippen LogP contribution in [0.1, 0.15) is 57.6 Å². The van der Waals surface area contributed by atoms with Crippen molar-refractivity contribution >= 4 is 10.8 Å². The minimum atomic E-state index is 0.417. The molecule has 1 saturated carbocycles. The first-order chi connectivity index (χ1) is 14.9. The van der Waals surface area contributed by atoms with E-state index in [1.807, 2.05) is 12.1 Å². The standard InChI is InChI=1S/C27H31N3O/c1-27(2,3)21-11-13-22(14-12-21)29-18-20-6-4-8-24-23(20)7-5-9-25(24)31-26-15-10-19(16-28)17-30-26/h4-10,15,17,21-22,29H,11-14,18H2,1-3H3. The zero-order chi connectivity index (χ0) is 21.8. The van der Waals surface area contributed by atoms with E-state index in [0.717, 1.165) is 23.6 Å². The van der Waals surface area contributed by atoms with Gasteiger partial charge in [-0.3, -0.25) is 0 Å². The summed E-state index contributed by atoms with van der Waals surface area (Å²) in [4.78, 5) is 4.24. The summed E-state index contributed by atoms with van der Waals surface area (Å²) in [5, 5.41) is 15.0. The lowest BCUT2D eigenvalue weighted by Crippen LogP contribution is -2.35. The normalized spacial score (nSPS) is 19.2. The van der Waals surface area contributed by atoms with Gasteiger partial charge in [0.05, 0.1) is 5.56 Å². The molecule has 1 aliphatic carbocycles. The second kappa shape index (κ2) is 9.08. The monoisotopic (exact) mass is 413 g/mol. The fraction of sp³-hybridized carbons (Fsp3) is 0.407. The van der Waals surface area contributed by atoms with Crippen LogP contribution in [-0.2, 0) is 6.54 Å². The molecule has 0 amide bonds. The van der Waals surface area contributed by atoms with E-state index in [9.17, 15) is 0 Å². The Hall–Kier alpha value is -2.90. The Morgan fingerprint density at radius 2 is 1.74 bits per heavy atom. The average molecular weight is 414 g/mol. The van der Waals surface area contributed by atoms with Crippen LogP contribution in [0, 0.1) is 22.7 Å². The predicted molar refractivity (Wildman–Crippen MR) is 125 cm³/mol.